The Hall–Kier alpha value is -2.48. The molecule has 0 saturated carbocycles. The summed E-state index contributed by atoms with van der Waals surface area (Å²) in [5.74, 6) is -1.34. The van der Waals surface area contributed by atoms with E-state index in [0.717, 1.165) is 22.9 Å². The van der Waals surface area contributed by atoms with E-state index in [9.17, 15) is 18.8 Å². The van der Waals surface area contributed by atoms with Crippen molar-refractivity contribution in [3.05, 3.63) is 29.6 Å². The average molecular weight is 374 g/mol. The zero-order chi connectivity index (χ0) is 19.5. The number of amides is 4. The van der Waals surface area contributed by atoms with E-state index in [1.807, 2.05) is 11.8 Å². The third-order valence-corrected chi connectivity index (χ3v) is 6.25. The molecule has 144 valence electrons. The van der Waals surface area contributed by atoms with Gasteiger partial charge in [0.1, 0.15) is 5.82 Å². The molecule has 27 heavy (non-hydrogen) atoms. The van der Waals surface area contributed by atoms with Crippen LogP contribution in [0.15, 0.2) is 18.2 Å². The molecule has 2 fully saturated rings. The van der Waals surface area contributed by atoms with E-state index in [-0.39, 0.29) is 12.2 Å². The van der Waals surface area contributed by atoms with Gasteiger partial charge in [0.2, 0.25) is 11.8 Å². The molecule has 0 aromatic heterocycles. The normalized spacial score (nSPS) is 25.1. The summed E-state index contributed by atoms with van der Waals surface area (Å²) >= 11 is 0. The number of fused-ring (bicyclic) bond motifs is 4. The molecule has 0 aliphatic carbocycles. The number of anilines is 1. The van der Waals surface area contributed by atoms with Crippen LogP contribution in [0.4, 0.5) is 14.9 Å². The average Bonchev–Trinajstić information content (AvgIpc) is 2.68. The molecule has 0 radical (unpaired) electrons. The van der Waals surface area contributed by atoms with Crippen molar-refractivity contribution in [2.45, 2.75) is 19.4 Å². The second kappa shape index (κ2) is 6.02. The van der Waals surface area contributed by atoms with Crippen LogP contribution in [-0.4, -0.2) is 78.9 Å². The first-order chi connectivity index (χ1) is 12.8. The number of barbiturate groups is 1. The Morgan fingerprint density at radius 1 is 1.11 bits per heavy atom. The van der Waals surface area contributed by atoms with Crippen molar-refractivity contribution in [1.82, 2.24) is 14.7 Å². The zero-order valence-corrected chi connectivity index (χ0v) is 15.7. The maximum atomic E-state index is 14.7. The van der Waals surface area contributed by atoms with Crippen molar-refractivity contribution in [1.29, 1.82) is 0 Å². The molecule has 1 aromatic carbocycles. The van der Waals surface area contributed by atoms with E-state index < -0.39 is 29.3 Å². The number of hydrogen-bond donors (Lipinski definition) is 0. The Morgan fingerprint density at radius 2 is 1.78 bits per heavy atom. The molecule has 1 spiro atoms. The number of likely N-dealkylation sites (N-methyl/N-ethyl adjacent to an activating group) is 1. The van der Waals surface area contributed by atoms with Gasteiger partial charge in [0.15, 0.2) is 5.41 Å². The number of urea groups is 1. The highest BCUT2D eigenvalue weighted by molar-refractivity contribution is 6.20. The Bertz CT molecular complexity index is 818. The van der Waals surface area contributed by atoms with Gasteiger partial charge in [-0.3, -0.25) is 24.3 Å². The van der Waals surface area contributed by atoms with Gasteiger partial charge >= 0.3 is 6.03 Å². The van der Waals surface area contributed by atoms with E-state index in [0.29, 0.717) is 24.3 Å². The summed E-state index contributed by atoms with van der Waals surface area (Å²) in [6.45, 7) is 4.51. The lowest BCUT2D eigenvalue weighted by molar-refractivity contribution is -0.160. The topological polar surface area (TPSA) is 64.2 Å². The molecule has 4 rings (SSSR count). The van der Waals surface area contributed by atoms with Gasteiger partial charge in [-0.2, -0.15) is 0 Å². The molecular weight excluding hydrogens is 351 g/mol. The maximum Gasteiger partial charge on any atom is 0.332 e. The van der Waals surface area contributed by atoms with Crippen LogP contribution in [0.5, 0.6) is 0 Å². The van der Waals surface area contributed by atoms with Gasteiger partial charge in [0.05, 0.1) is 11.7 Å². The molecule has 3 aliphatic rings. The lowest BCUT2D eigenvalue weighted by Crippen LogP contribution is -2.74. The predicted molar refractivity (Wildman–Crippen MR) is 96.7 cm³/mol. The van der Waals surface area contributed by atoms with E-state index >= 15 is 0 Å². The van der Waals surface area contributed by atoms with Crippen LogP contribution in [0, 0.1) is 11.2 Å². The highest BCUT2D eigenvalue weighted by Crippen LogP contribution is 2.47. The number of halogens is 1. The quantitative estimate of drug-likeness (QED) is 0.685. The lowest BCUT2D eigenvalue weighted by Gasteiger charge is -2.56. The number of rotatable bonds is 1. The van der Waals surface area contributed by atoms with Crippen molar-refractivity contribution in [2.24, 2.45) is 5.41 Å². The number of nitrogens with zero attached hydrogens (tertiary/aromatic N) is 4. The molecular formula is C19H23FN4O3. The number of carbonyl (C=O) groups excluding carboxylic acids is 3. The Labute approximate surface area is 157 Å². The third-order valence-electron chi connectivity index (χ3n) is 6.25. The third kappa shape index (κ3) is 2.25. The van der Waals surface area contributed by atoms with Gasteiger partial charge in [-0.05, 0) is 24.6 Å². The Balaban J connectivity index is 1.92. The summed E-state index contributed by atoms with van der Waals surface area (Å²) < 4.78 is 14.7. The molecule has 0 bridgehead atoms. The van der Waals surface area contributed by atoms with Crippen molar-refractivity contribution in [3.8, 4) is 0 Å². The molecule has 7 nitrogen and oxygen atoms in total. The molecule has 4 amide bonds. The van der Waals surface area contributed by atoms with Gasteiger partial charge in [-0.25, -0.2) is 9.18 Å². The van der Waals surface area contributed by atoms with Crippen molar-refractivity contribution >= 4 is 23.5 Å². The molecule has 8 heteroatoms. The van der Waals surface area contributed by atoms with E-state index in [1.165, 1.54) is 20.2 Å². The number of benzene rings is 1. The maximum absolute atomic E-state index is 14.7. The first-order valence-electron chi connectivity index (χ1n) is 9.19. The minimum atomic E-state index is -1.42. The SMILES string of the molecule is CCN1CCN2c3c(F)cccc3CC3(C(=O)N(C)C(=O)N(C)C3=O)[C@H]2C1. The molecule has 1 aromatic rings. The van der Waals surface area contributed by atoms with Crippen LogP contribution in [-0.2, 0) is 16.0 Å². The molecule has 3 aliphatic heterocycles. The second-order valence-electron chi connectivity index (χ2n) is 7.51. The van der Waals surface area contributed by atoms with Crippen LogP contribution in [0.3, 0.4) is 0 Å². The first kappa shape index (κ1) is 17.9. The van der Waals surface area contributed by atoms with E-state index in [2.05, 4.69) is 4.90 Å². The Morgan fingerprint density at radius 3 is 2.41 bits per heavy atom. The number of hydrogen-bond acceptors (Lipinski definition) is 5. The van der Waals surface area contributed by atoms with Crippen molar-refractivity contribution in [3.63, 3.8) is 0 Å². The number of piperazine rings is 1. The minimum Gasteiger partial charge on any atom is -0.362 e. The second-order valence-corrected chi connectivity index (χ2v) is 7.51. The van der Waals surface area contributed by atoms with E-state index in [1.54, 1.807) is 12.1 Å². The smallest absolute Gasteiger partial charge is 0.332 e. The van der Waals surface area contributed by atoms with Gasteiger partial charge in [-0.15, -0.1) is 0 Å². The van der Waals surface area contributed by atoms with Crippen molar-refractivity contribution < 1.29 is 18.8 Å². The highest BCUT2D eigenvalue weighted by atomic mass is 19.1. The minimum absolute atomic E-state index is 0.0957. The number of carbonyl (C=O) groups is 3. The van der Waals surface area contributed by atoms with Gasteiger partial charge in [0.25, 0.3) is 0 Å². The fourth-order valence-electron chi connectivity index (χ4n) is 4.78. The highest BCUT2D eigenvalue weighted by Gasteiger charge is 2.64. The molecule has 0 unspecified atom stereocenters. The summed E-state index contributed by atoms with van der Waals surface area (Å²) in [6, 6.07) is 3.62. The molecule has 3 heterocycles. The largest absolute Gasteiger partial charge is 0.362 e. The predicted octanol–water partition coefficient (Wildman–Crippen LogP) is 0.929. The van der Waals surface area contributed by atoms with E-state index in [4.69, 9.17) is 0 Å². The summed E-state index contributed by atoms with van der Waals surface area (Å²) in [5.41, 5.74) is -0.313. The molecule has 0 N–H and O–H groups in total. The first-order valence-corrected chi connectivity index (χ1v) is 9.19. The monoisotopic (exact) mass is 374 g/mol. The zero-order valence-electron chi connectivity index (χ0n) is 15.7. The summed E-state index contributed by atoms with van der Waals surface area (Å²) in [6.07, 6.45) is 0.0957. The van der Waals surface area contributed by atoms with Crippen molar-refractivity contribution in [2.75, 3.05) is 45.2 Å². The van der Waals surface area contributed by atoms with Gasteiger partial charge in [0, 0.05) is 33.7 Å². The van der Waals surface area contributed by atoms with Gasteiger partial charge < -0.3 is 4.90 Å². The van der Waals surface area contributed by atoms with Crippen LogP contribution < -0.4 is 4.90 Å². The van der Waals surface area contributed by atoms with Gasteiger partial charge in [-0.1, -0.05) is 19.1 Å². The van der Waals surface area contributed by atoms with Crippen LogP contribution in [0.25, 0.3) is 0 Å². The molecule has 1 atom stereocenters. The summed E-state index contributed by atoms with van der Waals surface area (Å²) in [7, 11) is 2.81. The fraction of sp³-hybridized carbons (Fsp3) is 0.526. The lowest BCUT2D eigenvalue weighted by atomic mass is 9.67. The summed E-state index contributed by atoms with van der Waals surface area (Å²) in [5, 5.41) is 0. The molecule has 2 saturated heterocycles. The number of imide groups is 2. The Kier molecular flexibility index (Phi) is 3.99. The van der Waals surface area contributed by atoms with Crippen LogP contribution in [0.2, 0.25) is 0 Å². The van der Waals surface area contributed by atoms with Crippen LogP contribution >= 0.6 is 0 Å². The standard InChI is InChI=1S/C19H23FN4O3/c1-4-23-8-9-24-14(11-23)19(10-12-6-5-7-13(20)15(12)24)16(25)21(2)18(27)22(3)17(19)26/h5-7,14H,4,8-11H2,1-3H3/t14-/m1/s1. The fourth-order valence-corrected chi connectivity index (χ4v) is 4.78. The van der Waals surface area contributed by atoms with Crippen LogP contribution in [0.1, 0.15) is 12.5 Å². The summed E-state index contributed by atoms with van der Waals surface area (Å²) in [4.78, 5) is 45.0. The number of para-hydroxylation sites is 1.